The van der Waals surface area contributed by atoms with Gasteiger partial charge in [0.15, 0.2) is 0 Å². The highest BCUT2D eigenvalue weighted by Gasteiger charge is 2.39. The first-order valence-electron chi connectivity index (χ1n) is 7.81. The van der Waals surface area contributed by atoms with Crippen molar-refractivity contribution in [2.45, 2.75) is 12.5 Å². The summed E-state index contributed by atoms with van der Waals surface area (Å²) in [7, 11) is 0. The highest BCUT2D eigenvalue weighted by Crippen LogP contribution is 2.24. The molecular weight excluding hydrogens is 318 g/mol. The van der Waals surface area contributed by atoms with Crippen molar-refractivity contribution < 1.29 is 14.3 Å². The van der Waals surface area contributed by atoms with Gasteiger partial charge in [-0.3, -0.25) is 14.5 Å². The summed E-state index contributed by atoms with van der Waals surface area (Å²) >= 11 is 5.85. The number of amides is 2. The molecule has 2 fully saturated rings. The predicted octanol–water partition coefficient (Wildman–Crippen LogP) is 0.894. The van der Waals surface area contributed by atoms with Gasteiger partial charge in [-0.05, 0) is 24.3 Å². The molecule has 23 heavy (non-hydrogen) atoms. The second-order valence-electron chi connectivity index (χ2n) is 5.71. The van der Waals surface area contributed by atoms with E-state index >= 15 is 0 Å². The molecule has 1 atom stereocenters. The summed E-state index contributed by atoms with van der Waals surface area (Å²) in [5.41, 5.74) is 0.571. The number of halogens is 1. The van der Waals surface area contributed by atoms with E-state index in [1.54, 1.807) is 24.3 Å². The van der Waals surface area contributed by atoms with Crippen molar-refractivity contribution in [2.24, 2.45) is 0 Å². The molecule has 1 unspecified atom stereocenters. The molecule has 124 valence electrons. The molecule has 3 rings (SSSR count). The van der Waals surface area contributed by atoms with Crippen LogP contribution in [0, 0.1) is 0 Å². The Labute approximate surface area is 140 Å². The lowest BCUT2D eigenvalue weighted by Crippen LogP contribution is -2.44. The first-order valence-corrected chi connectivity index (χ1v) is 8.19. The first kappa shape index (κ1) is 16.4. The van der Waals surface area contributed by atoms with Gasteiger partial charge in [-0.1, -0.05) is 11.6 Å². The van der Waals surface area contributed by atoms with Gasteiger partial charge in [0, 0.05) is 31.2 Å². The normalized spacial score (nSPS) is 22.8. The van der Waals surface area contributed by atoms with Crippen molar-refractivity contribution in [1.82, 2.24) is 10.2 Å². The Bertz CT molecular complexity index is 572. The van der Waals surface area contributed by atoms with E-state index in [1.165, 1.54) is 4.90 Å². The first-order chi connectivity index (χ1) is 11.1. The number of imide groups is 1. The van der Waals surface area contributed by atoms with Crippen LogP contribution in [0.15, 0.2) is 24.3 Å². The smallest absolute Gasteiger partial charge is 0.251 e. The van der Waals surface area contributed by atoms with Gasteiger partial charge in [-0.2, -0.15) is 0 Å². The zero-order valence-corrected chi connectivity index (χ0v) is 13.6. The Kier molecular flexibility index (Phi) is 5.27. The second kappa shape index (κ2) is 7.40. The van der Waals surface area contributed by atoms with Crippen molar-refractivity contribution in [3.05, 3.63) is 29.3 Å². The summed E-state index contributed by atoms with van der Waals surface area (Å²) in [6, 6.07) is 6.29. The van der Waals surface area contributed by atoms with Gasteiger partial charge in [0.05, 0.1) is 31.4 Å². The third-order valence-electron chi connectivity index (χ3n) is 4.15. The Hall–Kier alpha value is -1.47. The summed E-state index contributed by atoms with van der Waals surface area (Å²) in [5.74, 6) is -0.375. The van der Waals surface area contributed by atoms with Crippen LogP contribution in [-0.4, -0.2) is 62.1 Å². The highest BCUT2D eigenvalue weighted by molar-refractivity contribution is 6.30. The summed E-state index contributed by atoms with van der Waals surface area (Å²) in [4.78, 5) is 28.1. The number of carbonyl (C=O) groups is 2. The molecule has 2 heterocycles. The minimum absolute atomic E-state index is 0.179. The fraction of sp³-hybridized carbons (Fsp3) is 0.500. The molecular formula is C16H20ClN3O3. The van der Waals surface area contributed by atoms with E-state index in [0.717, 1.165) is 32.8 Å². The average Bonchev–Trinajstić information content (AvgIpc) is 2.84. The van der Waals surface area contributed by atoms with Gasteiger partial charge in [-0.15, -0.1) is 0 Å². The zero-order chi connectivity index (χ0) is 16.2. The third kappa shape index (κ3) is 3.90. The van der Waals surface area contributed by atoms with Crippen molar-refractivity contribution in [3.8, 4) is 0 Å². The van der Waals surface area contributed by atoms with Crippen LogP contribution in [-0.2, 0) is 14.3 Å². The Morgan fingerprint density at radius 3 is 2.57 bits per heavy atom. The molecule has 0 spiro atoms. The predicted molar refractivity (Wildman–Crippen MR) is 87.6 cm³/mol. The van der Waals surface area contributed by atoms with Crippen molar-refractivity contribution in [2.75, 3.05) is 44.3 Å². The van der Waals surface area contributed by atoms with E-state index in [1.807, 2.05) is 0 Å². The summed E-state index contributed by atoms with van der Waals surface area (Å²) in [5, 5.41) is 3.78. The molecule has 0 saturated carbocycles. The zero-order valence-electron chi connectivity index (χ0n) is 12.8. The fourth-order valence-electron chi connectivity index (χ4n) is 2.87. The quantitative estimate of drug-likeness (QED) is 0.809. The molecule has 1 aromatic rings. The van der Waals surface area contributed by atoms with Crippen LogP contribution in [0.25, 0.3) is 0 Å². The molecule has 0 aromatic heterocycles. The summed E-state index contributed by atoms with van der Waals surface area (Å²) < 4.78 is 5.31. The van der Waals surface area contributed by atoms with Crippen LogP contribution in [0.5, 0.6) is 0 Å². The van der Waals surface area contributed by atoms with Gasteiger partial charge in [0.25, 0.3) is 5.91 Å². The average molecular weight is 338 g/mol. The molecule has 2 amide bonds. The number of carbonyl (C=O) groups excluding carboxylic acids is 2. The van der Waals surface area contributed by atoms with Gasteiger partial charge in [0.2, 0.25) is 5.91 Å². The second-order valence-corrected chi connectivity index (χ2v) is 6.15. The van der Waals surface area contributed by atoms with Crippen molar-refractivity contribution in [1.29, 1.82) is 0 Å². The summed E-state index contributed by atoms with van der Waals surface area (Å²) in [6.45, 7) is 4.86. The number of benzene rings is 1. The van der Waals surface area contributed by atoms with E-state index in [0.29, 0.717) is 17.3 Å². The number of morpholine rings is 1. The molecule has 1 N–H and O–H groups in total. The largest absolute Gasteiger partial charge is 0.379 e. The standard InChI is InChI=1S/C16H20ClN3O3/c17-12-1-3-13(4-2-12)20-15(21)11-14(16(20)22)18-5-6-19-7-9-23-10-8-19/h1-4,14,18H,5-11H2. The molecule has 2 saturated heterocycles. The Morgan fingerprint density at radius 1 is 1.17 bits per heavy atom. The Morgan fingerprint density at radius 2 is 1.87 bits per heavy atom. The number of rotatable bonds is 5. The summed E-state index contributed by atoms with van der Waals surface area (Å²) in [6.07, 6.45) is 0.199. The highest BCUT2D eigenvalue weighted by atomic mass is 35.5. The van der Waals surface area contributed by atoms with Gasteiger partial charge in [0.1, 0.15) is 0 Å². The lowest BCUT2D eigenvalue weighted by molar-refractivity contribution is -0.121. The van der Waals surface area contributed by atoms with E-state index < -0.39 is 6.04 Å². The van der Waals surface area contributed by atoms with Crippen LogP contribution in [0.1, 0.15) is 6.42 Å². The topological polar surface area (TPSA) is 61.9 Å². The van der Waals surface area contributed by atoms with Crippen LogP contribution in [0.4, 0.5) is 5.69 Å². The monoisotopic (exact) mass is 337 g/mol. The minimum Gasteiger partial charge on any atom is -0.379 e. The van der Waals surface area contributed by atoms with Crippen LogP contribution in [0.3, 0.4) is 0 Å². The number of nitrogens with zero attached hydrogens (tertiary/aromatic N) is 2. The molecule has 2 aliphatic rings. The van der Waals surface area contributed by atoms with Gasteiger partial charge < -0.3 is 10.1 Å². The Balaban J connectivity index is 1.54. The molecule has 0 aliphatic carbocycles. The van der Waals surface area contributed by atoms with E-state index in [-0.39, 0.29) is 18.2 Å². The van der Waals surface area contributed by atoms with Gasteiger partial charge in [-0.25, -0.2) is 4.90 Å². The van der Waals surface area contributed by atoms with E-state index in [4.69, 9.17) is 16.3 Å². The molecule has 2 aliphatic heterocycles. The van der Waals surface area contributed by atoms with E-state index in [2.05, 4.69) is 10.2 Å². The van der Waals surface area contributed by atoms with Crippen LogP contribution < -0.4 is 10.2 Å². The molecule has 7 heteroatoms. The molecule has 0 bridgehead atoms. The molecule has 1 aromatic carbocycles. The maximum Gasteiger partial charge on any atom is 0.251 e. The van der Waals surface area contributed by atoms with Gasteiger partial charge >= 0.3 is 0 Å². The number of hydrogen-bond acceptors (Lipinski definition) is 5. The number of anilines is 1. The SMILES string of the molecule is O=C1CC(NCCN2CCOCC2)C(=O)N1c1ccc(Cl)cc1. The molecule has 0 radical (unpaired) electrons. The van der Waals surface area contributed by atoms with E-state index in [9.17, 15) is 9.59 Å². The third-order valence-corrected chi connectivity index (χ3v) is 4.41. The maximum atomic E-state index is 12.5. The lowest BCUT2D eigenvalue weighted by atomic mass is 10.2. The number of ether oxygens (including phenoxy) is 1. The lowest BCUT2D eigenvalue weighted by Gasteiger charge is -2.27. The van der Waals surface area contributed by atoms with Crippen molar-refractivity contribution in [3.63, 3.8) is 0 Å². The minimum atomic E-state index is -0.445. The number of hydrogen-bond donors (Lipinski definition) is 1. The maximum absolute atomic E-state index is 12.5. The number of nitrogens with one attached hydrogen (secondary N) is 1. The van der Waals surface area contributed by atoms with Crippen molar-refractivity contribution >= 4 is 29.1 Å². The van der Waals surface area contributed by atoms with Crippen LogP contribution >= 0.6 is 11.6 Å². The fourth-order valence-corrected chi connectivity index (χ4v) is 3.00. The van der Waals surface area contributed by atoms with Crippen LogP contribution in [0.2, 0.25) is 5.02 Å². The molecule has 6 nitrogen and oxygen atoms in total.